The maximum atomic E-state index is 5.98. The van der Waals surface area contributed by atoms with Crippen LogP contribution in [0.25, 0.3) is 11.4 Å². The van der Waals surface area contributed by atoms with Crippen LogP contribution >= 0.6 is 23.2 Å². The number of benzene rings is 1. The predicted molar refractivity (Wildman–Crippen MR) is 81.3 cm³/mol. The third kappa shape index (κ3) is 3.32. The molecule has 0 aliphatic rings. The van der Waals surface area contributed by atoms with Crippen LogP contribution in [0.1, 0.15) is 32.1 Å². The summed E-state index contributed by atoms with van der Waals surface area (Å²) in [6.45, 7) is 4.18. The van der Waals surface area contributed by atoms with Crippen molar-refractivity contribution >= 4 is 23.2 Å². The first-order valence-corrected chi connectivity index (χ1v) is 7.28. The minimum Gasteiger partial charge on any atom is -0.339 e. The van der Waals surface area contributed by atoms with Gasteiger partial charge in [0.2, 0.25) is 11.7 Å². The molecule has 0 spiro atoms. The molecule has 0 saturated carbocycles. The molecular weight excluding hydrogens is 297 g/mol. The average Bonchev–Trinajstić information content (AvgIpc) is 2.88. The van der Waals surface area contributed by atoms with Crippen LogP contribution in [0.15, 0.2) is 22.7 Å². The molecule has 1 heterocycles. The number of halogens is 2. The van der Waals surface area contributed by atoms with Crippen LogP contribution in [0.3, 0.4) is 0 Å². The van der Waals surface area contributed by atoms with Gasteiger partial charge in [-0.15, -0.1) is 0 Å². The number of rotatable bonds is 5. The smallest absolute Gasteiger partial charge is 0.231 e. The van der Waals surface area contributed by atoms with E-state index in [0.29, 0.717) is 27.8 Å². The highest BCUT2D eigenvalue weighted by molar-refractivity contribution is 6.35. The Labute approximate surface area is 128 Å². The Morgan fingerprint density at radius 1 is 1.25 bits per heavy atom. The molecular formula is C14H17Cl2N3O. The Hall–Kier alpha value is -1.10. The SMILES string of the molecule is CCC(NC)C(C)c1nc(-c2cc(Cl)cc(Cl)c2)no1. The fourth-order valence-corrected chi connectivity index (χ4v) is 2.73. The molecule has 0 fully saturated rings. The maximum Gasteiger partial charge on any atom is 0.231 e. The fourth-order valence-electron chi connectivity index (χ4n) is 2.20. The van der Waals surface area contributed by atoms with Crippen LogP contribution in [-0.4, -0.2) is 23.2 Å². The molecule has 0 saturated heterocycles. The molecule has 108 valence electrons. The first kappa shape index (κ1) is 15.3. The van der Waals surface area contributed by atoms with E-state index in [2.05, 4.69) is 29.3 Å². The van der Waals surface area contributed by atoms with Crippen LogP contribution < -0.4 is 5.32 Å². The minimum atomic E-state index is 0.140. The summed E-state index contributed by atoms with van der Waals surface area (Å²) in [7, 11) is 1.93. The van der Waals surface area contributed by atoms with Crippen molar-refractivity contribution in [2.24, 2.45) is 0 Å². The molecule has 0 amide bonds. The minimum absolute atomic E-state index is 0.140. The first-order chi connectivity index (χ1) is 9.55. The van der Waals surface area contributed by atoms with Gasteiger partial charge in [-0.1, -0.05) is 42.2 Å². The number of likely N-dealkylation sites (N-methyl/N-ethyl adjacent to an activating group) is 1. The molecule has 0 bridgehead atoms. The Bertz CT molecular complexity index is 561. The second-order valence-corrected chi connectivity index (χ2v) is 5.58. The van der Waals surface area contributed by atoms with Gasteiger partial charge in [0, 0.05) is 21.7 Å². The van der Waals surface area contributed by atoms with Gasteiger partial charge in [-0.05, 0) is 31.7 Å². The normalized spacial score (nSPS) is 14.2. The topological polar surface area (TPSA) is 51.0 Å². The van der Waals surface area contributed by atoms with Crippen molar-refractivity contribution in [1.29, 1.82) is 0 Å². The van der Waals surface area contributed by atoms with E-state index in [1.165, 1.54) is 0 Å². The van der Waals surface area contributed by atoms with E-state index in [1.54, 1.807) is 18.2 Å². The zero-order valence-corrected chi connectivity index (χ0v) is 13.2. The highest BCUT2D eigenvalue weighted by atomic mass is 35.5. The van der Waals surface area contributed by atoms with Crippen LogP contribution in [0.5, 0.6) is 0 Å². The van der Waals surface area contributed by atoms with Gasteiger partial charge in [-0.25, -0.2) is 0 Å². The van der Waals surface area contributed by atoms with Gasteiger partial charge in [-0.2, -0.15) is 4.98 Å². The van der Waals surface area contributed by atoms with E-state index in [-0.39, 0.29) is 5.92 Å². The summed E-state index contributed by atoms with van der Waals surface area (Å²) in [6, 6.07) is 5.50. The van der Waals surface area contributed by atoms with Crippen molar-refractivity contribution in [3.05, 3.63) is 34.1 Å². The molecule has 4 nitrogen and oxygen atoms in total. The summed E-state index contributed by atoms with van der Waals surface area (Å²) in [5, 5.41) is 8.36. The summed E-state index contributed by atoms with van der Waals surface area (Å²) < 4.78 is 5.36. The van der Waals surface area contributed by atoms with Gasteiger partial charge < -0.3 is 9.84 Å². The van der Waals surface area contributed by atoms with Crippen LogP contribution in [0.2, 0.25) is 10.0 Å². The quantitative estimate of drug-likeness (QED) is 0.901. The summed E-state index contributed by atoms with van der Waals surface area (Å²) in [6.07, 6.45) is 0.984. The summed E-state index contributed by atoms with van der Waals surface area (Å²) in [5.41, 5.74) is 0.752. The Morgan fingerprint density at radius 3 is 2.45 bits per heavy atom. The van der Waals surface area contributed by atoms with Crippen molar-refractivity contribution in [2.75, 3.05) is 7.05 Å². The van der Waals surface area contributed by atoms with Gasteiger partial charge in [-0.3, -0.25) is 0 Å². The number of aromatic nitrogens is 2. The largest absolute Gasteiger partial charge is 0.339 e. The fraction of sp³-hybridized carbons (Fsp3) is 0.429. The molecule has 1 aromatic carbocycles. The lowest BCUT2D eigenvalue weighted by Crippen LogP contribution is -2.30. The lowest BCUT2D eigenvalue weighted by atomic mass is 10.00. The van der Waals surface area contributed by atoms with Gasteiger partial charge in [0.15, 0.2) is 0 Å². The molecule has 2 aromatic rings. The molecule has 2 unspecified atom stereocenters. The van der Waals surface area contributed by atoms with E-state index in [0.717, 1.165) is 12.0 Å². The van der Waals surface area contributed by atoms with Gasteiger partial charge in [0.1, 0.15) is 0 Å². The standard InChI is InChI=1S/C14H17Cl2N3O/c1-4-12(17-3)8(2)14-18-13(19-20-14)9-5-10(15)7-11(16)6-9/h5-8,12,17H,4H2,1-3H3. The molecule has 6 heteroatoms. The van der Waals surface area contributed by atoms with Crippen LogP contribution in [0.4, 0.5) is 0 Å². The second kappa shape index (κ2) is 6.57. The third-order valence-corrected chi connectivity index (χ3v) is 3.80. The number of hydrogen-bond acceptors (Lipinski definition) is 4. The molecule has 0 aliphatic heterocycles. The molecule has 20 heavy (non-hydrogen) atoms. The van der Waals surface area contributed by atoms with Crippen LogP contribution in [-0.2, 0) is 0 Å². The van der Waals surface area contributed by atoms with Crippen LogP contribution in [0, 0.1) is 0 Å². The zero-order valence-electron chi connectivity index (χ0n) is 11.7. The Morgan fingerprint density at radius 2 is 1.90 bits per heavy atom. The van der Waals surface area contributed by atoms with Gasteiger partial charge >= 0.3 is 0 Å². The van der Waals surface area contributed by atoms with Gasteiger partial charge in [0.05, 0.1) is 5.92 Å². The van der Waals surface area contributed by atoms with E-state index >= 15 is 0 Å². The molecule has 0 radical (unpaired) electrons. The lowest BCUT2D eigenvalue weighted by molar-refractivity contribution is 0.326. The maximum absolute atomic E-state index is 5.98. The number of nitrogens with one attached hydrogen (secondary N) is 1. The zero-order chi connectivity index (χ0) is 14.7. The van der Waals surface area contributed by atoms with Crippen molar-refractivity contribution in [3.8, 4) is 11.4 Å². The van der Waals surface area contributed by atoms with E-state index in [4.69, 9.17) is 27.7 Å². The second-order valence-electron chi connectivity index (χ2n) is 4.71. The predicted octanol–water partition coefficient (Wildman–Crippen LogP) is 4.14. The summed E-state index contributed by atoms with van der Waals surface area (Å²) in [5.74, 6) is 1.25. The van der Waals surface area contributed by atoms with E-state index in [9.17, 15) is 0 Å². The molecule has 2 rings (SSSR count). The Kier molecular flexibility index (Phi) is 5.02. The number of nitrogens with zero attached hydrogens (tertiary/aromatic N) is 2. The lowest BCUT2D eigenvalue weighted by Gasteiger charge is -2.18. The molecule has 2 atom stereocenters. The average molecular weight is 314 g/mol. The van der Waals surface area contributed by atoms with E-state index < -0.39 is 0 Å². The van der Waals surface area contributed by atoms with Crippen molar-refractivity contribution in [3.63, 3.8) is 0 Å². The molecule has 0 aliphatic carbocycles. The first-order valence-electron chi connectivity index (χ1n) is 6.52. The van der Waals surface area contributed by atoms with E-state index in [1.807, 2.05) is 7.05 Å². The van der Waals surface area contributed by atoms with Crippen molar-refractivity contribution in [2.45, 2.75) is 32.2 Å². The molecule has 1 N–H and O–H groups in total. The summed E-state index contributed by atoms with van der Waals surface area (Å²) in [4.78, 5) is 4.44. The number of hydrogen-bond donors (Lipinski definition) is 1. The Balaban J connectivity index is 2.28. The highest BCUT2D eigenvalue weighted by Gasteiger charge is 2.22. The third-order valence-electron chi connectivity index (χ3n) is 3.37. The van der Waals surface area contributed by atoms with Crippen molar-refractivity contribution < 1.29 is 4.52 Å². The van der Waals surface area contributed by atoms with Gasteiger partial charge in [0.25, 0.3) is 0 Å². The monoisotopic (exact) mass is 313 g/mol. The molecule has 1 aromatic heterocycles. The summed E-state index contributed by atoms with van der Waals surface area (Å²) >= 11 is 12.0. The van der Waals surface area contributed by atoms with Crippen molar-refractivity contribution in [1.82, 2.24) is 15.5 Å². The highest BCUT2D eigenvalue weighted by Crippen LogP contribution is 2.27.